The van der Waals surface area contributed by atoms with E-state index in [0.717, 1.165) is 28.9 Å². The summed E-state index contributed by atoms with van der Waals surface area (Å²) in [4.78, 5) is 12.6. The van der Waals surface area contributed by atoms with Crippen LogP contribution >= 0.6 is 0 Å². The van der Waals surface area contributed by atoms with E-state index >= 15 is 0 Å². The number of carbonyl (C=O) groups excluding carboxylic acids is 1. The van der Waals surface area contributed by atoms with Gasteiger partial charge in [-0.2, -0.15) is 19.6 Å². The zero-order chi connectivity index (χ0) is 14.8. The largest absolute Gasteiger partial charge is 0.369 e. The number of benzene rings is 1. The number of aromatic nitrogens is 4. The van der Waals surface area contributed by atoms with Crippen molar-refractivity contribution < 1.29 is 4.79 Å². The van der Waals surface area contributed by atoms with E-state index in [1.165, 1.54) is 9.36 Å². The minimum Gasteiger partial charge on any atom is -0.244 e. The molecule has 0 saturated heterocycles. The molecule has 2 aromatic heterocycles. The standard InChI is InChI=1S/C16H16N4O/c1-3-14-12(2)15(13-8-5-4-6-9-13)20(18-14)16(21)19-11-7-10-17-19/h4-11H,3H2,1-2H3. The zero-order valence-corrected chi connectivity index (χ0v) is 12.0. The van der Waals surface area contributed by atoms with Gasteiger partial charge in [0.25, 0.3) is 0 Å². The Balaban J connectivity index is 2.19. The Morgan fingerprint density at radius 1 is 1.19 bits per heavy atom. The third kappa shape index (κ3) is 2.27. The highest BCUT2D eigenvalue weighted by Gasteiger charge is 2.20. The van der Waals surface area contributed by atoms with Crippen LogP contribution in [0.3, 0.4) is 0 Å². The number of carbonyl (C=O) groups is 1. The Kier molecular flexibility index (Phi) is 3.39. The summed E-state index contributed by atoms with van der Waals surface area (Å²) in [5.74, 6) is 0. The molecule has 0 bridgehead atoms. The first-order valence-corrected chi connectivity index (χ1v) is 6.90. The molecule has 0 saturated carbocycles. The van der Waals surface area contributed by atoms with Crippen LogP contribution in [-0.4, -0.2) is 25.6 Å². The van der Waals surface area contributed by atoms with Gasteiger partial charge in [0.15, 0.2) is 0 Å². The topological polar surface area (TPSA) is 52.7 Å². The maximum atomic E-state index is 12.6. The Labute approximate surface area is 122 Å². The van der Waals surface area contributed by atoms with Crippen molar-refractivity contribution in [2.75, 3.05) is 0 Å². The highest BCUT2D eigenvalue weighted by atomic mass is 16.2. The molecule has 21 heavy (non-hydrogen) atoms. The average Bonchev–Trinajstić information content (AvgIpc) is 3.15. The van der Waals surface area contributed by atoms with E-state index in [9.17, 15) is 4.79 Å². The highest BCUT2D eigenvalue weighted by Crippen LogP contribution is 2.26. The van der Waals surface area contributed by atoms with E-state index in [1.54, 1.807) is 18.5 Å². The van der Waals surface area contributed by atoms with Crippen LogP contribution in [-0.2, 0) is 6.42 Å². The molecule has 0 fully saturated rings. The smallest absolute Gasteiger partial charge is 0.244 e. The van der Waals surface area contributed by atoms with Gasteiger partial charge in [0.1, 0.15) is 0 Å². The molecule has 106 valence electrons. The van der Waals surface area contributed by atoms with Gasteiger partial charge in [-0.1, -0.05) is 37.3 Å². The molecule has 3 rings (SSSR count). The number of hydrogen-bond acceptors (Lipinski definition) is 3. The van der Waals surface area contributed by atoms with Crippen molar-refractivity contribution in [2.45, 2.75) is 20.3 Å². The first kappa shape index (κ1) is 13.3. The first-order chi connectivity index (χ1) is 10.2. The molecule has 0 atom stereocenters. The second kappa shape index (κ2) is 5.36. The number of rotatable bonds is 2. The molecule has 0 N–H and O–H groups in total. The van der Waals surface area contributed by atoms with Crippen molar-refractivity contribution in [2.24, 2.45) is 0 Å². The van der Waals surface area contributed by atoms with E-state index in [0.29, 0.717) is 0 Å². The Hall–Kier alpha value is -2.69. The summed E-state index contributed by atoms with van der Waals surface area (Å²) in [5.41, 5.74) is 3.76. The van der Waals surface area contributed by atoms with Crippen LogP contribution in [0.5, 0.6) is 0 Å². The van der Waals surface area contributed by atoms with Gasteiger partial charge in [-0.15, -0.1) is 0 Å². The van der Waals surface area contributed by atoms with Crippen LogP contribution in [0.15, 0.2) is 48.8 Å². The van der Waals surface area contributed by atoms with Gasteiger partial charge in [-0.3, -0.25) is 0 Å². The molecule has 0 radical (unpaired) electrons. The fourth-order valence-electron chi connectivity index (χ4n) is 2.43. The number of hydrogen-bond donors (Lipinski definition) is 0. The molecular formula is C16H16N4O. The summed E-state index contributed by atoms with van der Waals surface area (Å²) >= 11 is 0. The predicted octanol–water partition coefficient (Wildman–Crippen LogP) is 3.13. The molecule has 5 heteroatoms. The van der Waals surface area contributed by atoms with Crippen molar-refractivity contribution >= 4 is 6.03 Å². The average molecular weight is 280 g/mol. The van der Waals surface area contributed by atoms with Crippen LogP contribution in [0.2, 0.25) is 0 Å². The summed E-state index contributed by atoms with van der Waals surface area (Å²) in [6, 6.07) is 11.3. The Bertz CT molecular complexity index is 757. The maximum Gasteiger partial charge on any atom is 0.369 e. The van der Waals surface area contributed by atoms with Crippen molar-refractivity contribution in [3.05, 3.63) is 60.0 Å². The summed E-state index contributed by atoms with van der Waals surface area (Å²) in [5, 5.41) is 8.47. The molecule has 0 aliphatic carbocycles. The van der Waals surface area contributed by atoms with Gasteiger partial charge < -0.3 is 0 Å². The molecule has 0 aliphatic heterocycles. The second-order valence-electron chi connectivity index (χ2n) is 4.78. The molecule has 0 unspecified atom stereocenters. The fourth-order valence-corrected chi connectivity index (χ4v) is 2.43. The first-order valence-electron chi connectivity index (χ1n) is 6.90. The lowest BCUT2D eigenvalue weighted by atomic mass is 10.1. The minimum atomic E-state index is -0.276. The van der Waals surface area contributed by atoms with E-state index < -0.39 is 0 Å². The van der Waals surface area contributed by atoms with E-state index in [1.807, 2.05) is 44.2 Å². The number of aryl methyl sites for hydroxylation is 1. The quantitative estimate of drug-likeness (QED) is 0.724. The molecule has 1 aromatic carbocycles. The third-order valence-corrected chi connectivity index (χ3v) is 3.48. The molecule has 0 aliphatic rings. The maximum absolute atomic E-state index is 12.6. The van der Waals surface area contributed by atoms with Crippen LogP contribution in [0.25, 0.3) is 11.3 Å². The predicted molar refractivity (Wildman–Crippen MR) is 80.2 cm³/mol. The minimum absolute atomic E-state index is 0.276. The van der Waals surface area contributed by atoms with Gasteiger partial charge in [0, 0.05) is 18.0 Å². The molecule has 5 nitrogen and oxygen atoms in total. The molecule has 3 aromatic rings. The van der Waals surface area contributed by atoms with Crippen LogP contribution in [0.4, 0.5) is 4.79 Å². The van der Waals surface area contributed by atoms with E-state index in [2.05, 4.69) is 10.2 Å². The summed E-state index contributed by atoms with van der Waals surface area (Å²) in [7, 11) is 0. The Morgan fingerprint density at radius 2 is 1.95 bits per heavy atom. The summed E-state index contributed by atoms with van der Waals surface area (Å²) < 4.78 is 2.73. The lowest BCUT2D eigenvalue weighted by molar-refractivity contribution is 0.238. The fraction of sp³-hybridized carbons (Fsp3) is 0.188. The van der Waals surface area contributed by atoms with Gasteiger partial charge >= 0.3 is 6.03 Å². The van der Waals surface area contributed by atoms with Crippen LogP contribution in [0, 0.1) is 6.92 Å². The van der Waals surface area contributed by atoms with Crippen LogP contribution < -0.4 is 0 Å². The van der Waals surface area contributed by atoms with Gasteiger partial charge in [0.05, 0.1) is 11.4 Å². The summed E-state index contributed by atoms with van der Waals surface area (Å²) in [6.07, 6.45) is 3.99. The SMILES string of the molecule is CCc1nn(C(=O)n2cccn2)c(-c2ccccc2)c1C. The van der Waals surface area contributed by atoms with Gasteiger partial charge in [-0.25, -0.2) is 4.79 Å². The second-order valence-corrected chi connectivity index (χ2v) is 4.78. The normalized spacial score (nSPS) is 10.8. The van der Waals surface area contributed by atoms with Crippen molar-refractivity contribution in [1.82, 2.24) is 19.6 Å². The van der Waals surface area contributed by atoms with Crippen molar-refractivity contribution in [1.29, 1.82) is 0 Å². The molecule has 2 heterocycles. The van der Waals surface area contributed by atoms with E-state index in [4.69, 9.17) is 0 Å². The van der Waals surface area contributed by atoms with Gasteiger partial charge in [-0.05, 0) is 25.0 Å². The molecule has 0 spiro atoms. The molecular weight excluding hydrogens is 264 g/mol. The monoisotopic (exact) mass is 280 g/mol. The van der Waals surface area contributed by atoms with Crippen molar-refractivity contribution in [3.8, 4) is 11.3 Å². The van der Waals surface area contributed by atoms with Gasteiger partial charge in [0.2, 0.25) is 0 Å². The van der Waals surface area contributed by atoms with E-state index in [-0.39, 0.29) is 6.03 Å². The number of nitrogens with zero attached hydrogens (tertiary/aromatic N) is 4. The Morgan fingerprint density at radius 3 is 2.57 bits per heavy atom. The zero-order valence-electron chi connectivity index (χ0n) is 12.0. The molecule has 0 amide bonds. The highest BCUT2D eigenvalue weighted by molar-refractivity contribution is 5.84. The lowest BCUT2D eigenvalue weighted by Crippen LogP contribution is -2.22. The third-order valence-electron chi connectivity index (χ3n) is 3.48. The lowest BCUT2D eigenvalue weighted by Gasteiger charge is -2.07. The van der Waals surface area contributed by atoms with Crippen LogP contribution in [0.1, 0.15) is 18.2 Å². The van der Waals surface area contributed by atoms with Crippen molar-refractivity contribution in [3.63, 3.8) is 0 Å². The summed E-state index contributed by atoms with van der Waals surface area (Å²) in [6.45, 7) is 4.04.